The molecule has 6 atom stereocenters. The summed E-state index contributed by atoms with van der Waals surface area (Å²) in [4.78, 5) is 85.6. The highest BCUT2D eigenvalue weighted by molar-refractivity contribution is 6.43. The molecule has 0 saturated heterocycles. The van der Waals surface area contributed by atoms with E-state index in [1.54, 1.807) is 13.0 Å². The van der Waals surface area contributed by atoms with Crippen LogP contribution in [0.3, 0.4) is 0 Å². The molecule has 1 aromatic rings. The monoisotopic (exact) mass is 748 g/mol. The van der Waals surface area contributed by atoms with Gasteiger partial charge in [-0.3, -0.25) is 0 Å². The van der Waals surface area contributed by atoms with E-state index >= 15 is 0 Å². The SMILES string of the molecule is C=C(CC)Cc1ccc(OCC(=O)O[C@@H](C)C(=O)O[C@@H](C)C(=O)O[C@@H](C)C(=O)O[C@@H](C)C(=O)O[C@@H](C)C(=O)O[C@@H](C)C(=O)OCC)c(Cl)c1Cl. The summed E-state index contributed by atoms with van der Waals surface area (Å²) < 4.78 is 39.7. The quantitative estimate of drug-likeness (QED) is 0.112. The molecule has 0 unspecified atom stereocenters. The lowest BCUT2D eigenvalue weighted by Gasteiger charge is -2.20. The predicted molar refractivity (Wildman–Crippen MR) is 175 cm³/mol. The Hall–Kier alpha value is -4.37. The Labute approximate surface area is 299 Å². The Morgan fingerprint density at radius 1 is 0.600 bits per heavy atom. The molecule has 0 saturated carbocycles. The second-order valence-corrected chi connectivity index (χ2v) is 11.5. The Bertz CT molecular complexity index is 1430. The summed E-state index contributed by atoms with van der Waals surface area (Å²) in [5.41, 5.74) is 1.68. The van der Waals surface area contributed by atoms with Crippen molar-refractivity contribution in [2.75, 3.05) is 13.2 Å². The van der Waals surface area contributed by atoms with Crippen LogP contribution in [0.4, 0.5) is 0 Å². The first kappa shape index (κ1) is 43.7. The minimum atomic E-state index is -1.57. The topological polar surface area (TPSA) is 193 Å². The Kier molecular flexibility index (Phi) is 18.3. The van der Waals surface area contributed by atoms with Crippen LogP contribution in [-0.4, -0.2) is 91.6 Å². The maximum atomic E-state index is 12.4. The van der Waals surface area contributed by atoms with Crippen LogP contribution in [0.1, 0.15) is 67.4 Å². The third-order valence-corrected chi connectivity index (χ3v) is 7.37. The second-order valence-electron chi connectivity index (χ2n) is 10.7. The van der Waals surface area contributed by atoms with E-state index in [-0.39, 0.29) is 22.4 Å². The van der Waals surface area contributed by atoms with Crippen LogP contribution in [0.2, 0.25) is 10.0 Å². The van der Waals surface area contributed by atoms with Gasteiger partial charge in [0.15, 0.2) is 43.2 Å². The van der Waals surface area contributed by atoms with Crippen molar-refractivity contribution in [3.05, 3.63) is 39.9 Å². The fourth-order valence-electron chi connectivity index (χ4n) is 3.48. The molecule has 0 N–H and O–H groups in total. The molecule has 1 rings (SSSR count). The van der Waals surface area contributed by atoms with Crippen molar-refractivity contribution in [1.29, 1.82) is 0 Å². The lowest BCUT2D eigenvalue weighted by molar-refractivity contribution is -0.188. The van der Waals surface area contributed by atoms with Crippen LogP contribution in [0, 0.1) is 0 Å². The van der Waals surface area contributed by atoms with Gasteiger partial charge in [-0.15, -0.1) is 0 Å². The Balaban J connectivity index is 2.55. The van der Waals surface area contributed by atoms with Crippen LogP contribution >= 0.6 is 23.2 Å². The number of hydrogen-bond donors (Lipinski definition) is 0. The average molecular weight is 750 g/mol. The predicted octanol–water partition coefficient (Wildman–Crippen LogP) is 4.03. The standard InChI is InChI=1S/C33H42Cl2O15/c1-10-16(3)14-23-12-13-24(27(35)26(23)34)44-15-25(36)45-18(5)29(38)47-20(7)31(40)49-22(9)33(42)50-21(8)32(41)48-19(6)30(39)46-17(4)28(37)43-11-2/h12-13,17-22H,3,10-11,14-15H2,1-2,4-9H3/t17-,18-,19-,20-,21-,22-/m0/s1. The fourth-order valence-corrected chi connectivity index (χ4v) is 3.94. The molecule has 0 heterocycles. The molecule has 50 heavy (non-hydrogen) atoms. The van der Waals surface area contributed by atoms with Gasteiger partial charge in [0.2, 0.25) is 0 Å². The second kappa shape index (κ2) is 21.0. The summed E-state index contributed by atoms with van der Waals surface area (Å²) in [6, 6.07) is 3.22. The lowest BCUT2D eigenvalue weighted by atomic mass is 10.0. The van der Waals surface area contributed by atoms with E-state index in [9.17, 15) is 33.6 Å². The van der Waals surface area contributed by atoms with E-state index in [1.807, 2.05) is 6.92 Å². The van der Waals surface area contributed by atoms with Gasteiger partial charge in [-0.2, -0.15) is 0 Å². The van der Waals surface area contributed by atoms with Gasteiger partial charge in [-0.25, -0.2) is 33.6 Å². The van der Waals surface area contributed by atoms with Gasteiger partial charge < -0.3 is 37.9 Å². The normalized spacial score (nSPS) is 14.3. The van der Waals surface area contributed by atoms with Crippen molar-refractivity contribution in [2.24, 2.45) is 0 Å². The number of ether oxygens (including phenoxy) is 8. The van der Waals surface area contributed by atoms with Gasteiger partial charge in [-0.05, 0) is 72.9 Å². The summed E-state index contributed by atoms with van der Waals surface area (Å²) in [6.07, 6.45) is -7.57. The van der Waals surface area contributed by atoms with Crippen LogP contribution < -0.4 is 4.74 Å². The van der Waals surface area contributed by atoms with Crippen molar-refractivity contribution in [3.8, 4) is 5.75 Å². The number of benzene rings is 1. The smallest absolute Gasteiger partial charge is 0.347 e. The van der Waals surface area contributed by atoms with E-state index < -0.39 is 85.0 Å². The molecule has 0 aliphatic heterocycles. The van der Waals surface area contributed by atoms with E-state index in [2.05, 4.69) is 6.58 Å². The van der Waals surface area contributed by atoms with Crippen molar-refractivity contribution in [1.82, 2.24) is 0 Å². The molecule has 1 aromatic carbocycles. The molecular formula is C33H42Cl2O15. The molecular weight excluding hydrogens is 707 g/mol. The van der Waals surface area contributed by atoms with Crippen molar-refractivity contribution in [3.63, 3.8) is 0 Å². The van der Waals surface area contributed by atoms with Crippen LogP contribution in [0.5, 0.6) is 5.75 Å². The van der Waals surface area contributed by atoms with E-state index in [1.165, 1.54) is 26.8 Å². The summed E-state index contributed by atoms with van der Waals surface area (Å²) in [6.45, 7) is 14.0. The maximum Gasteiger partial charge on any atom is 0.347 e. The fraction of sp³-hybridized carbons (Fsp3) is 0.545. The summed E-state index contributed by atoms with van der Waals surface area (Å²) in [7, 11) is 0. The maximum absolute atomic E-state index is 12.4. The number of esters is 7. The largest absolute Gasteiger partial charge is 0.480 e. The highest BCUT2D eigenvalue weighted by atomic mass is 35.5. The first-order valence-corrected chi connectivity index (χ1v) is 16.2. The molecule has 17 heteroatoms. The molecule has 0 amide bonds. The first-order valence-electron chi connectivity index (χ1n) is 15.5. The highest BCUT2D eigenvalue weighted by Crippen LogP contribution is 2.35. The molecule has 0 aromatic heterocycles. The summed E-state index contributed by atoms with van der Waals surface area (Å²) >= 11 is 12.6. The minimum absolute atomic E-state index is 0.0694. The van der Waals surface area contributed by atoms with Gasteiger partial charge >= 0.3 is 41.8 Å². The molecule has 0 radical (unpaired) electrons. The number of hydrogen-bond acceptors (Lipinski definition) is 15. The van der Waals surface area contributed by atoms with Gasteiger partial charge in [0.1, 0.15) is 10.8 Å². The molecule has 0 spiro atoms. The summed E-state index contributed by atoms with van der Waals surface area (Å²) in [5.74, 6) is -7.27. The van der Waals surface area contributed by atoms with Crippen LogP contribution in [0.15, 0.2) is 24.3 Å². The molecule has 278 valence electrons. The Morgan fingerprint density at radius 2 is 0.980 bits per heavy atom. The zero-order chi connectivity index (χ0) is 38.3. The van der Waals surface area contributed by atoms with Crippen LogP contribution in [0.25, 0.3) is 0 Å². The van der Waals surface area contributed by atoms with Crippen molar-refractivity contribution >= 4 is 65.0 Å². The van der Waals surface area contributed by atoms with E-state index in [0.29, 0.717) is 6.42 Å². The number of halogens is 2. The molecule has 0 bridgehead atoms. The van der Waals surface area contributed by atoms with Crippen molar-refractivity contribution < 1.29 is 71.5 Å². The van der Waals surface area contributed by atoms with E-state index in [0.717, 1.165) is 38.3 Å². The summed E-state index contributed by atoms with van der Waals surface area (Å²) in [5, 5.41) is 0.335. The molecule has 0 aliphatic carbocycles. The van der Waals surface area contributed by atoms with Crippen LogP contribution in [-0.2, 0) is 73.1 Å². The van der Waals surface area contributed by atoms with Gasteiger partial charge in [0.05, 0.1) is 11.6 Å². The molecule has 0 aliphatic rings. The number of carbonyl (C=O) groups is 7. The molecule has 15 nitrogen and oxygen atoms in total. The van der Waals surface area contributed by atoms with E-state index in [4.69, 9.17) is 61.1 Å². The highest BCUT2D eigenvalue weighted by Gasteiger charge is 2.32. The molecule has 0 fully saturated rings. The number of carbonyl (C=O) groups excluding carboxylic acids is 7. The minimum Gasteiger partial charge on any atom is -0.480 e. The van der Waals surface area contributed by atoms with Gasteiger partial charge in [-0.1, -0.05) is 48.3 Å². The first-order chi connectivity index (χ1) is 23.3. The number of allylic oxidation sites excluding steroid dienone is 1. The third kappa shape index (κ3) is 14.2. The van der Waals surface area contributed by atoms with Gasteiger partial charge in [0.25, 0.3) is 0 Å². The average Bonchev–Trinajstić information content (AvgIpc) is 3.05. The zero-order valence-corrected chi connectivity index (χ0v) is 30.5. The van der Waals surface area contributed by atoms with Crippen molar-refractivity contribution in [2.45, 2.75) is 105 Å². The third-order valence-electron chi connectivity index (χ3n) is 6.46. The zero-order valence-electron chi connectivity index (χ0n) is 29.0. The lowest BCUT2D eigenvalue weighted by Crippen LogP contribution is -2.39. The van der Waals surface area contributed by atoms with Gasteiger partial charge in [0, 0.05) is 0 Å². The number of rotatable bonds is 19. The Morgan fingerprint density at radius 3 is 1.36 bits per heavy atom.